The minimum atomic E-state index is -1.85. The third-order valence-corrected chi connectivity index (χ3v) is 5.37. The molecule has 12 nitrogen and oxygen atoms in total. The largest absolute Gasteiger partial charge is 0.478 e. The molecule has 0 saturated heterocycles. The summed E-state index contributed by atoms with van der Waals surface area (Å²) >= 11 is 0. The highest BCUT2D eigenvalue weighted by Gasteiger charge is 2.30. The van der Waals surface area contributed by atoms with E-state index >= 15 is 0 Å². The molecule has 0 fully saturated rings. The van der Waals surface area contributed by atoms with Crippen molar-refractivity contribution in [3.8, 4) is 0 Å². The van der Waals surface area contributed by atoms with Crippen LogP contribution >= 0.6 is 8.58 Å². The summed E-state index contributed by atoms with van der Waals surface area (Å²) < 4.78 is 0. The van der Waals surface area contributed by atoms with Gasteiger partial charge in [-0.2, -0.15) is 0 Å². The highest BCUT2D eigenvalue weighted by Crippen LogP contribution is 2.25. The lowest BCUT2D eigenvalue weighted by Gasteiger charge is -2.15. The van der Waals surface area contributed by atoms with Crippen molar-refractivity contribution < 1.29 is 59.4 Å². The van der Waals surface area contributed by atoms with Crippen molar-refractivity contribution >= 4 is 55.0 Å². The van der Waals surface area contributed by atoms with Crippen molar-refractivity contribution in [2.75, 3.05) is 0 Å². The van der Waals surface area contributed by atoms with Gasteiger partial charge in [0.05, 0.1) is 33.4 Å². The number of carbonyl (C=O) groups is 6. The Kier molecular flexibility index (Phi) is 6.37. The van der Waals surface area contributed by atoms with Gasteiger partial charge in [-0.3, -0.25) is 0 Å². The normalized spacial score (nSPS) is 10.3. The Morgan fingerprint density at radius 1 is 0.452 bits per heavy atom. The van der Waals surface area contributed by atoms with E-state index in [2.05, 4.69) is 0 Å². The summed E-state index contributed by atoms with van der Waals surface area (Å²) in [5.74, 6) is -10.7. The average molecular weight is 450 g/mol. The zero-order valence-electron chi connectivity index (χ0n) is 14.9. The molecule has 2 aromatic carbocycles. The van der Waals surface area contributed by atoms with E-state index in [0.717, 1.165) is 24.3 Å². The molecule has 0 heterocycles. The first-order valence-corrected chi connectivity index (χ1v) is 8.89. The van der Waals surface area contributed by atoms with E-state index in [1.165, 1.54) is 0 Å². The fourth-order valence-electron chi connectivity index (χ4n) is 2.80. The molecule has 2 aromatic rings. The summed E-state index contributed by atoms with van der Waals surface area (Å²) in [4.78, 5) is 69.1. The number of aromatic carboxylic acids is 6. The number of rotatable bonds is 8. The van der Waals surface area contributed by atoms with Crippen LogP contribution in [0.5, 0.6) is 0 Å². The molecule has 0 unspecified atom stereocenters. The molecule has 13 heteroatoms. The van der Waals surface area contributed by atoms with Crippen LogP contribution in [0, 0.1) is 0 Å². The van der Waals surface area contributed by atoms with Crippen LogP contribution in [0.4, 0.5) is 0 Å². The van der Waals surface area contributed by atoms with Gasteiger partial charge in [0.15, 0.2) is 0 Å². The smallest absolute Gasteiger partial charge is 0.337 e. The van der Waals surface area contributed by atoms with Crippen molar-refractivity contribution in [2.24, 2.45) is 0 Å². The minimum absolute atomic E-state index is 0.295. The number of benzene rings is 2. The van der Waals surface area contributed by atoms with Crippen molar-refractivity contribution in [1.82, 2.24) is 0 Å². The van der Waals surface area contributed by atoms with E-state index in [9.17, 15) is 49.2 Å². The molecule has 0 atom stereocenters. The summed E-state index contributed by atoms with van der Waals surface area (Å²) in [7, 11) is -0.956. The van der Waals surface area contributed by atoms with E-state index in [1.54, 1.807) is 0 Å². The fraction of sp³-hybridized carbons (Fsp3) is 0. The summed E-state index contributed by atoms with van der Waals surface area (Å²) in [6, 6.07) is 3.58. The number of carboxylic acids is 6. The van der Waals surface area contributed by atoms with Crippen LogP contribution in [0.2, 0.25) is 0 Å². The van der Waals surface area contributed by atoms with E-state index in [0.29, 0.717) is 0 Å². The fourth-order valence-corrected chi connectivity index (χ4v) is 4.14. The summed E-state index contributed by atoms with van der Waals surface area (Å²) in [6.45, 7) is 0. The van der Waals surface area contributed by atoms with Gasteiger partial charge >= 0.3 is 35.8 Å². The molecule has 0 bridgehead atoms. The first-order chi connectivity index (χ1) is 14.4. The van der Waals surface area contributed by atoms with Gasteiger partial charge in [0.2, 0.25) is 0 Å². The van der Waals surface area contributed by atoms with E-state index in [1.807, 2.05) is 0 Å². The molecule has 0 spiro atoms. The molecule has 0 amide bonds. The van der Waals surface area contributed by atoms with Gasteiger partial charge < -0.3 is 30.6 Å². The molecule has 160 valence electrons. The molecule has 0 aliphatic carbocycles. The maximum atomic E-state index is 11.7. The monoisotopic (exact) mass is 450 g/mol. The second kappa shape index (κ2) is 8.59. The SMILES string of the molecule is O=C(O)c1ccc(Pc2ccc(C(=O)O)c(C(=O)O)c2C(=O)O)c(C(=O)O)c1C(=O)O. The van der Waals surface area contributed by atoms with Crippen LogP contribution in [0.1, 0.15) is 62.1 Å². The second-order valence-corrected chi connectivity index (χ2v) is 7.10. The van der Waals surface area contributed by atoms with Crippen LogP contribution in [0.3, 0.4) is 0 Å². The van der Waals surface area contributed by atoms with Crippen molar-refractivity contribution in [2.45, 2.75) is 0 Å². The lowest BCUT2D eigenvalue weighted by molar-refractivity contribution is 0.0633. The third kappa shape index (κ3) is 4.33. The number of hydrogen-bond acceptors (Lipinski definition) is 6. The first kappa shape index (κ1) is 23.0. The van der Waals surface area contributed by atoms with Crippen LogP contribution in [-0.4, -0.2) is 66.5 Å². The van der Waals surface area contributed by atoms with Crippen LogP contribution in [0.25, 0.3) is 0 Å². The Hall–Kier alpha value is -4.31. The maximum Gasteiger partial charge on any atom is 0.337 e. The predicted molar refractivity (Wildman–Crippen MR) is 102 cm³/mol. The van der Waals surface area contributed by atoms with Gasteiger partial charge in [0.25, 0.3) is 0 Å². The van der Waals surface area contributed by atoms with E-state index < -0.39 is 77.8 Å². The third-order valence-electron chi connectivity index (χ3n) is 4.00. The van der Waals surface area contributed by atoms with Gasteiger partial charge in [-0.05, 0) is 22.7 Å². The Bertz CT molecular complexity index is 1090. The Morgan fingerprint density at radius 2 is 0.742 bits per heavy atom. The summed E-state index contributed by atoms with van der Waals surface area (Å²) in [5.41, 5.74) is -5.54. The average Bonchev–Trinajstić information content (AvgIpc) is 2.65. The van der Waals surface area contributed by atoms with Gasteiger partial charge in [-0.25, -0.2) is 28.8 Å². The van der Waals surface area contributed by atoms with Crippen molar-refractivity contribution in [1.29, 1.82) is 0 Å². The molecule has 31 heavy (non-hydrogen) atoms. The number of hydrogen-bond donors (Lipinski definition) is 6. The second-order valence-electron chi connectivity index (χ2n) is 5.78. The molecule has 0 aromatic heterocycles. The van der Waals surface area contributed by atoms with Crippen LogP contribution < -0.4 is 10.6 Å². The molecule has 2 rings (SSSR count). The molecular formula is C18H11O12P. The quantitative estimate of drug-likeness (QED) is 0.303. The topological polar surface area (TPSA) is 224 Å². The first-order valence-electron chi connectivity index (χ1n) is 7.89. The van der Waals surface area contributed by atoms with Gasteiger partial charge in [0, 0.05) is 0 Å². The predicted octanol–water partition coefficient (Wildman–Crippen LogP) is 0.505. The van der Waals surface area contributed by atoms with Crippen molar-refractivity contribution in [3.63, 3.8) is 0 Å². The lowest BCUT2D eigenvalue weighted by Crippen LogP contribution is -2.26. The van der Waals surface area contributed by atoms with Gasteiger partial charge in [-0.15, -0.1) is 0 Å². The summed E-state index contributed by atoms with van der Waals surface area (Å²) in [6.07, 6.45) is 0. The lowest BCUT2D eigenvalue weighted by atomic mass is 10.0. The molecule has 0 radical (unpaired) electrons. The van der Waals surface area contributed by atoms with Gasteiger partial charge in [-0.1, -0.05) is 20.7 Å². The van der Waals surface area contributed by atoms with Gasteiger partial charge in [0.1, 0.15) is 0 Å². The Morgan fingerprint density at radius 3 is 0.968 bits per heavy atom. The Labute approximate surface area is 172 Å². The molecule has 6 N–H and O–H groups in total. The highest BCUT2D eigenvalue weighted by molar-refractivity contribution is 7.56. The molecule has 0 saturated carbocycles. The van der Waals surface area contributed by atoms with E-state index in [-0.39, 0.29) is 10.6 Å². The standard InChI is InChI=1S/C18H11O12P/c19-13(20)5-1-3-7(11(17(27)28)9(5)15(23)24)31-8-4-2-6(14(21)22)10(16(25)26)12(8)18(29)30/h1-4,31H,(H,19,20)(H,21,22)(H,23,24)(H,25,26)(H,27,28)(H,29,30). The number of carboxylic acid groups (broad SMARTS) is 6. The zero-order valence-corrected chi connectivity index (χ0v) is 15.9. The van der Waals surface area contributed by atoms with E-state index in [4.69, 9.17) is 10.2 Å². The molecule has 0 aliphatic rings. The maximum absolute atomic E-state index is 11.7. The summed E-state index contributed by atoms with van der Waals surface area (Å²) in [5, 5.41) is 55.3. The Balaban J connectivity index is 2.86. The van der Waals surface area contributed by atoms with Crippen molar-refractivity contribution in [3.05, 3.63) is 57.6 Å². The minimum Gasteiger partial charge on any atom is -0.478 e. The molecule has 0 aliphatic heterocycles. The zero-order chi connectivity index (χ0) is 23.6. The molecular weight excluding hydrogens is 439 g/mol. The van der Waals surface area contributed by atoms with Crippen LogP contribution in [-0.2, 0) is 0 Å². The highest BCUT2D eigenvalue weighted by atomic mass is 31.1. The van der Waals surface area contributed by atoms with Crippen LogP contribution in [0.15, 0.2) is 24.3 Å².